The van der Waals surface area contributed by atoms with E-state index in [0.717, 1.165) is 23.1 Å². The van der Waals surface area contributed by atoms with Gasteiger partial charge in [0.25, 0.3) is 5.91 Å². The molecule has 0 atom stereocenters. The molecule has 0 fully saturated rings. The van der Waals surface area contributed by atoms with Crippen molar-refractivity contribution in [3.8, 4) is 5.75 Å². The van der Waals surface area contributed by atoms with Crippen molar-refractivity contribution < 1.29 is 9.90 Å². The Hall–Kier alpha value is -2.10. The van der Waals surface area contributed by atoms with Crippen LogP contribution in [0.15, 0.2) is 18.2 Å². The van der Waals surface area contributed by atoms with Crippen molar-refractivity contribution in [3.63, 3.8) is 0 Å². The first kappa shape index (κ1) is 11.4. The number of benzene rings is 1. The van der Waals surface area contributed by atoms with Crippen molar-refractivity contribution in [3.05, 3.63) is 35.0 Å². The molecule has 0 saturated carbocycles. The summed E-state index contributed by atoms with van der Waals surface area (Å²) in [6.07, 6.45) is 0.882. The van der Waals surface area contributed by atoms with E-state index >= 15 is 0 Å². The second-order valence-electron chi connectivity index (χ2n) is 3.98. The van der Waals surface area contributed by atoms with Crippen molar-refractivity contribution in [2.75, 3.05) is 0 Å². The number of nitrogens with two attached hydrogens (primary N) is 1. The molecule has 1 aromatic heterocycles. The number of carbonyl (C=O) groups excluding carboxylic acids is 1. The molecule has 0 radical (unpaired) electrons. The normalized spacial score (nSPS) is 10.7. The zero-order chi connectivity index (χ0) is 12.6. The standard InChI is InChI=1S/C13H14N2O2/c1-3-8-6-9-4-5-10(13(14)17)12(16)11(9)15-7(8)2/h4-6,16H,3H2,1-2H3,(H2,14,17). The van der Waals surface area contributed by atoms with Gasteiger partial charge in [-0.05, 0) is 31.0 Å². The zero-order valence-electron chi connectivity index (χ0n) is 9.82. The van der Waals surface area contributed by atoms with Crippen molar-refractivity contribution in [1.29, 1.82) is 0 Å². The molecule has 3 N–H and O–H groups in total. The number of nitrogens with zero attached hydrogens (tertiary/aromatic N) is 1. The van der Waals surface area contributed by atoms with Crippen LogP contribution in [-0.4, -0.2) is 16.0 Å². The van der Waals surface area contributed by atoms with Gasteiger partial charge in [0.1, 0.15) is 5.52 Å². The Balaban J connectivity index is 2.78. The summed E-state index contributed by atoms with van der Waals surface area (Å²) in [5.74, 6) is -0.788. The van der Waals surface area contributed by atoms with Crippen molar-refractivity contribution in [1.82, 2.24) is 4.98 Å². The Labute approximate surface area is 99.1 Å². The summed E-state index contributed by atoms with van der Waals surface area (Å²) in [5, 5.41) is 10.8. The third kappa shape index (κ3) is 1.82. The van der Waals surface area contributed by atoms with Crippen LogP contribution in [0.1, 0.15) is 28.5 Å². The van der Waals surface area contributed by atoms with Gasteiger partial charge in [0.2, 0.25) is 0 Å². The number of aromatic nitrogens is 1. The topological polar surface area (TPSA) is 76.2 Å². The molecule has 0 saturated heterocycles. The molecule has 0 bridgehead atoms. The molecule has 1 aromatic carbocycles. The summed E-state index contributed by atoms with van der Waals surface area (Å²) in [7, 11) is 0. The van der Waals surface area contributed by atoms with E-state index in [0.29, 0.717) is 5.52 Å². The van der Waals surface area contributed by atoms with Gasteiger partial charge in [0, 0.05) is 11.1 Å². The maximum absolute atomic E-state index is 11.1. The van der Waals surface area contributed by atoms with Gasteiger partial charge in [-0.15, -0.1) is 0 Å². The van der Waals surface area contributed by atoms with Gasteiger partial charge >= 0.3 is 0 Å². The monoisotopic (exact) mass is 230 g/mol. The van der Waals surface area contributed by atoms with Crippen LogP contribution in [0, 0.1) is 6.92 Å². The van der Waals surface area contributed by atoms with E-state index in [9.17, 15) is 9.90 Å². The van der Waals surface area contributed by atoms with Gasteiger partial charge in [0.15, 0.2) is 5.75 Å². The minimum Gasteiger partial charge on any atom is -0.505 e. The second-order valence-corrected chi connectivity index (χ2v) is 3.98. The van der Waals surface area contributed by atoms with Crippen molar-refractivity contribution in [2.24, 2.45) is 5.73 Å². The van der Waals surface area contributed by atoms with Crippen LogP contribution in [0.4, 0.5) is 0 Å². The molecular formula is C13H14N2O2. The fraction of sp³-hybridized carbons (Fsp3) is 0.231. The summed E-state index contributed by atoms with van der Waals surface area (Å²) >= 11 is 0. The lowest BCUT2D eigenvalue weighted by molar-refractivity contribution is 0.0998. The fourth-order valence-corrected chi connectivity index (χ4v) is 1.92. The third-order valence-electron chi connectivity index (χ3n) is 2.90. The summed E-state index contributed by atoms with van der Waals surface area (Å²) < 4.78 is 0. The molecule has 2 aromatic rings. The molecule has 1 amide bonds. The SMILES string of the molecule is CCc1cc2ccc(C(N)=O)c(O)c2nc1C. The smallest absolute Gasteiger partial charge is 0.252 e. The van der Waals surface area contributed by atoms with Gasteiger partial charge in [-0.3, -0.25) is 4.79 Å². The highest BCUT2D eigenvalue weighted by Gasteiger charge is 2.13. The molecular weight excluding hydrogens is 216 g/mol. The van der Waals surface area contributed by atoms with Crippen LogP contribution in [0.25, 0.3) is 10.9 Å². The Morgan fingerprint density at radius 3 is 2.76 bits per heavy atom. The van der Waals surface area contributed by atoms with Gasteiger partial charge in [-0.25, -0.2) is 4.98 Å². The third-order valence-corrected chi connectivity index (χ3v) is 2.90. The zero-order valence-corrected chi connectivity index (χ0v) is 9.82. The molecule has 2 rings (SSSR count). The summed E-state index contributed by atoms with van der Waals surface area (Å²) in [5.41, 5.74) is 7.69. The van der Waals surface area contributed by atoms with Crippen molar-refractivity contribution in [2.45, 2.75) is 20.3 Å². The number of aryl methyl sites for hydroxylation is 2. The number of hydrogen-bond donors (Lipinski definition) is 2. The molecule has 0 aliphatic rings. The molecule has 0 spiro atoms. The van der Waals surface area contributed by atoms with E-state index < -0.39 is 5.91 Å². The molecule has 4 nitrogen and oxygen atoms in total. The molecule has 4 heteroatoms. The highest BCUT2D eigenvalue weighted by molar-refractivity contribution is 6.01. The van der Waals surface area contributed by atoms with Crippen LogP contribution in [0.5, 0.6) is 5.75 Å². The Kier molecular flexibility index (Phi) is 2.71. The van der Waals surface area contributed by atoms with Crippen LogP contribution >= 0.6 is 0 Å². The quantitative estimate of drug-likeness (QED) is 0.827. The Bertz CT molecular complexity index is 606. The van der Waals surface area contributed by atoms with Gasteiger partial charge in [-0.1, -0.05) is 13.0 Å². The van der Waals surface area contributed by atoms with E-state index in [1.165, 1.54) is 6.07 Å². The fourth-order valence-electron chi connectivity index (χ4n) is 1.92. The maximum atomic E-state index is 11.1. The lowest BCUT2D eigenvalue weighted by atomic mass is 10.0. The Morgan fingerprint density at radius 1 is 1.47 bits per heavy atom. The average Bonchev–Trinajstić information content (AvgIpc) is 2.29. The van der Waals surface area contributed by atoms with Crippen LogP contribution in [0.3, 0.4) is 0 Å². The molecule has 17 heavy (non-hydrogen) atoms. The average molecular weight is 230 g/mol. The lowest BCUT2D eigenvalue weighted by Crippen LogP contribution is -2.11. The summed E-state index contributed by atoms with van der Waals surface area (Å²) in [6.45, 7) is 3.93. The number of pyridine rings is 1. The number of carbonyl (C=O) groups is 1. The predicted molar refractivity (Wildman–Crippen MR) is 66.0 cm³/mol. The predicted octanol–water partition coefficient (Wildman–Crippen LogP) is 1.91. The number of aromatic hydroxyl groups is 1. The Morgan fingerprint density at radius 2 is 2.18 bits per heavy atom. The minimum absolute atomic E-state index is 0.105. The van der Waals surface area contributed by atoms with E-state index in [1.54, 1.807) is 6.07 Å². The summed E-state index contributed by atoms with van der Waals surface area (Å²) in [6, 6.07) is 5.25. The number of phenols is 1. The van der Waals surface area contributed by atoms with E-state index in [1.807, 2.05) is 19.9 Å². The molecule has 88 valence electrons. The van der Waals surface area contributed by atoms with Gasteiger partial charge in [-0.2, -0.15) is 0 Å². The first-order valence-corrected chi connectivity index (χ1v) is 5.46. The van der Waals surface area contributed by atoms with Gasteiger partial charge < -0.3 is 10.8 Å². The first-order chi connectivity index (χ1) is 8.04. The number of hydrogen-bond acceptors (Lipinski definition) is 3. The lowest BCUT2D eigenvalue weighted by Gasteiger charge is -2.08. The molecule has 0 unspecified atom stereocenters. The molecule has 0 aliphatic carbocycles. The van der Waals surface area contributed by atoms with Crippen molar-refractivity contribution >= 4 is 16.8 Å². The van der Waals surface area contributed by atoms with Crippen LogP contribution in [0.2, 0.25) is 0 Å². The largest absolute Gasteiger partial charge is 0.505 e. The van der Waals surface area contributed by atoms with E-state index in [4.69, 9.17) is 5.73 Å². The maximum Gasteiger partial charge on any atom is 0.252 e. The summed E-state index contributed by atoms with van der Waals surface area (Å²) in [4.78, 5) is 15.4. The van der Waals surface area contributed by atoms with E-state index in [-0.39, 0.29) is 11.3 Å². The minimum atomic E-state index is -0.650. The van der Waals surface area contributed by atoms with Crippen LogP contribution in [-0.2, 0) is 6.42 Å². The van der Waals surface area contributed by atoms with E-state index in [2.05, 4.69) is 4.98 Å². The highest BCUT2D eigenvalue weighted by Crippen LogP contribution is 2.28. The number of rotatable bonds is 2. The highest BCUT2D eigenvalue weighted by atomic mass is 16.3. The first-order valence-electron chi connectivity index (χ1n) is 5.46. The molecule has 1 heterocycles. The number of fused-ring (bicyclic) bond motifs is 1. The van der Waals surface area contributed by atoms with Gasteiger partial charge in [0.05, 0.1) is 5.56 Å². The number of primary amides is 1. The number of amides is 1. The second kappa shape index (κ2) is 4.05. The van der Waals surface area contributed by atoms with Crippen LogP contribution < -0.4 is 5.73 Å². The molecule has 0 aliphatic heterocycles.